The summed E-state index contributed by atoms with van der Waals surface area (Å²) in [6.07, 6.45) is 1.70. The minimum atomic E-state index is -3.65. The standard InChI is InChI=1S/C25H29N3O5S/c1-19-9-6-7-18-28(19)34(31,32)23-14-12-21(13-15-23)25(30)33-20(2)24(29)27(17-8-16-26)22-10-4-3-5-11-22/h3-5,10-15,19-20H,6-9,17-18H2,1-2H3/t19-,20-/m1/s1. The van der Waals surface area contributed by atoms with Gasteiger partial charge in [-0.3, -0.25) is 4.79 Å². The second kappa shape index (κ2) is 11.3. The van der Waals surface area contributed by atoms with Gasteiger partial charge in [0.25, 0.3) is 5.91 Å². The first-order valence-corrected chi connectivity index (χ1v) is 12.8. The van der Waals surface area contributed by atoms with Gasteiger partial charge in [-0.25, -0.2) is 13.2 Å². The first kappa shape index (κ1) is 25.4. The van der Waals surface area contributed by atoms with E-state index in [1.54, 1.807) is 24.3 Å². The predicted molar refractivity (Wildman–Crippen MR) is 128 cm³/mol. The van der Waals surface area contributed by atoms with Crippen LogP contribution < -0.4 is 4.90 Å². The van der Waals surface area contributed by atoms with Crippen LogP contribution in [0.1, 0.15) is 49.9 Å². The summed E-state index contributed by atoms with van der Waals surface area (Å²) >= 11 is 0. The average Bonchev–Trinajstić information content (AvgIpc) is 2.85. The fraction of sp³-hybridized carbons (Fsp3) is 0.400. The third kappa shape index (κ3) is 5.82. The summed E-state index contributed by atoms with van der Waals surface area (Å²) in [7, 11) is -3.65. The quantitative estimate of drug-likeness (QED) is 0.529. The minimum Gasteiger partial charge on any atom is -0.449 e. The molecule has 1 fully saturated rings. The first-order valence-electron chi connectivity index (χ1n) is 11.3. The predicted octanol–water partition coefficient (Wildman–Crippen LogP) is 3.74. The van der Waals surface area contributed by atoms with Crippen LogP contribution in [-0.2, 0) is 19.6 Å². The maximum Gasteiger partial charge on any atom is 0.338 e. The molecule has 0 radical (unpaired) electrons. The largest absolute Gasteiger partial charge is 0.449 e. The Morgan fingerprint density at radius 2 is 1.82 bits per heavy atom. The Kier molecular flexibility index (Phi) is 8.42. The van der Waals surface area contributed by atoms with E-state index in [-0.39, 0.29) is 29.5 Å². The zero-order valence-electron chi connectivity index (χ0n) is 19.4. The van der Waals surface area contributed by atoms with Crippen molar-refractivity contribution in [1.29, 1.82) is 5.26 Å². The number of nitriles is 1. The van der Waals surface area contributed by atoms with Crippen molar-refractivity contribution in [1.82, 2.24) is 4.31 Å². The van der Waals surface area contributed by atoms with Gasteiger partial charge in [-0.1, -0.05) is 24.6 Å². The molecule has 1 aliphatic heterocycles. The summed E-state index contributed by atoms with van der Waals surface area (Å²) in [5.41, 5.74) is 0.751. The van der Waals surface area contributed by atoms with E-state index in [2.05, 4.69) is 0 Å². The van der Waals surface area contributed by atoms with Crippen molar-refractivity contribution in [2.24, 2.45) is 0 Å². The maximum absolute atomic E-state index is 13.0. The number of hydrogen-bond acceptors (Lipinski definition) is 6. The van der Waals surface area contributed by atoms with Gasteiger partial charge in [-0.15, -0.1) is 0 Å². The molecule has 2 atom stereocenters. The van der Waals surface area contributed by atoms with Gasteiger partial charge in [0.15, 0.2) is 6.10 Å². The molecule has 1 saturated heterocycles. The van der Waals surface area contributed by atoms with Gasteiger partial charge in [0.2, 0.25) is 10.0 Å². The van der Waals surface area contributed by atoms with Crippen LogP contribution in [0.5, 0.6) is 0 Å². The molecule has 0 N–H and O–H groups in total. The zero-order valence-corrected chi connectivity index (χ0v) is 20.2. The highest BCUT2D eigenvalue weighted by molar-refractivity contribution is 7.89. The number of benzene rings is 2. The lowest BCUT2D eigenvalue weighted by Gasteiger charge is -2.32. The second-order valence-electron chi connectivity index (χ2n) is 8.27. The molecule has 3 rings (SSSR count). The number of rotatable bonds is 8. The number of anilines is 1. The van der Waals surface area contributed by atoms with Crippen LogP contribution in [0.15, 0.2) is 59.5 Å². The van der Waals surface area contributed by atoms with Crippen molar-refractivity contribution >= 4 is 27.6 Å². The third-order valence-electron chi connectivity index (χ3n) is 5.85. The molecule has 0 aromatic heterocycles. The molecule has 0 aliphatic carbocycles. The van der Waals surface area contributed by atoms with Crippen molar-refractivity contribution < 1.29 is 22.7 Å². The smallest absolute Gasteiger partial charge is 0.338 e. The Hall–Kier alpha value is -3.22. The van der Waals surface area contributed by atoms with Gasteiger partial charge in [-0.2, -0.15) is 9.57 Å². The third-order valence-corrected chi connectivity index (χ3v) is 7.88. The van der Waals surface area contributed by atoms with Gasteiger partial charge in [-0.05, 0) is 63.1 Å². The maximum atomic E-state index is 13.0. The van der Waals surface area contributed by atoms with Crippen LogP contribution in [0.25, 0.3) is 0 Å². The van der Waals surface area contributed by atoms with Crippen LogP contribution in [-0.4, -0.2) is 49.8 Å². The van der Waals surface area contributed by atoms with Crippen molar-refractivity contribution in [3.63, 3.8) is 0 Å². The van der Waals surface area contributed by atoms with Crippen molar-refractivity contribution in [2.75, 3.05) is 18.0 Å². The summed E-state index contributed by atoms with van der Waals surface area (Å²) in [4.78, 5) is 27.1. The highest BCUT2D eigenvalue weighted by Gasteiger charge is 2.31. The van der Waals surface area contributed by atoms with Gasteiger partial charge in [0.1, 0.15) is 0 Å². The molecule has 0 bridgehead atoms. The fourth-order valence-electron chi connectivity index (χ4n) is 3.96. The summed E-state index contributed by atoms with van der Waals surface area (Å²) in [5.74, 6) is -1.18. The molecule has 2 aromatic rings. The molecule has 1 heterocycles. The van der Waals surface area contributed by atoms with E-state index in [1.165, 1.54) is 40.4 Å². The first-order chi connectivity index (χ1) is 16.3. The normalized spacial score (nSPS) is 17.4. The molecule has 0 unspecified atom stereocenters. The number of ether oxygens (including phenoxy) is 1. The molecule has 180 valence electrons. The number of amides is 1. The van der Waals surface area contributed by atoms with Gasteiger partial charge < -0.3 is 9.64 Å². The van der Waals surface area contributed by atoms with Crippen molar-refractivity contribution in [2.45, 2.75) is 56.6 Å². The molecule has 2 aromatic carbocycles. The van der Waals surface area contributed by atoms with E-state index in [0.717, 1.165) is 19.3 Å². The van der Waals surface area contributed by atoms with E-state index in [4.69, 9.17) is 10.00 Å². The number of carbonyl (C=O) groups excluding carboxylic acids is 2. The highest BCUT2D eigenvalue weighted by Crippen LogP contribution is 2.25. The summed E-state index contributed by atoms with van der Waals surface area (Å²) in [5, 5.41) is 8.93. The van der Waals surface area contributed by atoms with E-state index in [1.807, 2.05) is 19.1 Å². The van der Waals surface area contributed by atoms with E-state index in [9.17, 15) is 18.0 Å². The van der Waals surface area contributed by atoms with Crippen molar-refractivity contribution in [3.05, 3.63) is 60.2 Å². The zero-order chi connectivity index (χ0) is 24.7. The summed E-state index contributed by atoms with van der Waals surface area (Å²) in [6, 6.07) is 16.4. The number of esters is 1. The lowest BCUT2D eigenvalue weighted by Crippen LogP contribution is -2.41. The second-order valence-corrected chi connectivity index (χ2v) is 10.2. The molecule has 8 nitrogen and oxygen atoms in total. The number of sulfonamides is 1. The lowest BCUT2D eigenvalue weighted by atomic mass is 10.1. The average molecular weight is 484 g/mol. The lowest BCUT2D eigenvalue weighted by molar-refractivity contribution is -0.126. The van der Waals surface area contributed by atoms with Gasteiger partial charge >= 0.3 is 5.97 Å². The Morgan fingerprint density at radius 3 is 2.44 bits per heavy atom. The SMILES string of the molecule is C[C@@H]1CCCCN1S(=O)(=O)c1ccc(C(=O)O[C@H](C)C(=O)N(CCC#N)c2ccccc2)cc1. The topological polar surface area (TPSA) is 108 Å². The number of para-hydroxylation sites is 1. The van der Waals surface area contributed by atoms with Crippen LogP contribution in [0.4, 0.5) is 5.69 Å². The molecule has 1 aliphatic rings. The number of carbonyl (C=O) groups is 2. The molecule has 1 amide bonds. The van der Waals surface area contributed by atoms with E-state index in [0.29, 0.717) is 12.2 Å². The Morgan fingerprint density at radius 1 is 1.15 bits per heavy atom. The number of hydrogen-bond donors (Lipinski definition) is 0. The monoisotopic (exact) mass is 483 g/mol. The Balaban J connectivity index is 1.70. The van der Waals surface area contributed by atoms with Gasteiger partial charge in [0.05, 0.1) is 22.9 Å². The Labute approximate surface area is 200 Å². The molecular formula is C25H29N3O5S. The van der Waals surface area contributed by atoms with Crippen LogP contribution in [0, 0.1) is 11.3 Å². The minimum absolute atomic E-state index is 0.0659. The molecule has 0 spiro atoms. The fourth-order valence-corrected chi connectivity index (χ4v) is 5.66. The van der Waals surface area contributed by atoms with E-state index < -0.39 is 28.0 Å². The van der Waals surface area contributed by atoms with Gasteiger partial charge in [0, 0.05) is 24.8 Å². The molecule has 0 saturated carbocycles. The molecule has 9 heteroatoms. The van der Waals surface area contributed by atoms with Crippen LogP contribution in [0.2, 0.25) is 0 Å². The molecule has 34 heavy (non-hydrogen) atoms. The summed E-state index contributed by atoms with van der Waals surface area (Å²) < 4.78 is 32.8. The van der Waals surface area contributed by atoms with E-state index >= 15 is 0 Å². The Bertz CT molecular complexity index is 1140. The van der Waals surface area contributed by atoms with Crippen LogP contribution >= 0.6 is 0 Å². The number of piperidine rings is 1. The van der Waals surface area contributed by atoms with Crippen LogP contribution in [0.3, 0.4) is 0 Å². The molecular weight excluding hydrogens is 454 g/mol. The van der Waals surface area contributed by atoms with Crippen molar-refractivity contribution in [3.8, 4) is 6.07 Å². The highest BCUT2D eigenvalue weighted by atomic mass is 32.2. The number of nitrogens with zero attached hydrogens (tertiary/aromatic N) is 3. The summed E-state index contributed by atoms with van der Waals surface area (Å²) in [6.45, 7) is 4.02.